The molecule has 1 aromatic carbocycles. The van der Waals surface area contributed by atoms with Gasteiger partial charge in [-0.15, -0.1) is 0 Å². The average molecular weight is 290 g/mol. The molecule has 2 nitrogen and oxygen atoms in total. The van der Waals surface area contributed by atoms with E-state index >= 15 is 0 Å². The molecule has 2 heteroatoms. The molecule has 0 aromatic heterocycles. The van der Waals surface area contributed by atoms with Crippen LogP contribution in [0.2, 0.25) is 0 Å². The number of ether oxygens (including phenoxy) is 2. The molecule has 0 amide bonds. The van der Waals surface area contributed by atoms with Crippen molar-refractivity contribution in [1.29, 1.82) is 0 Å². The Morgan fingerprint density at radius 2 is 1.71 bits per heavy atom. The zero-order chi connectivity index (χ0) is 15.6. The van der Waals surface area contributed by atoms with Gasteiger partial charge in [0.25, 0.3) is 0 Å². The van der Waals surface area contributed by atoms with Crippen molar-refractivity contribution >= 4 is 0 Å². The lowest BCUT2D eigenvalue weighted by Crippen LogP contribution is -2.10. The van der Waals surface area contributed by atoms with Crippen LogP contribution in [0.4, 0.5) is 0 Å². The van der Waals surface area contributed by atoms with Crippen LogP contribution in [-0.2, 0) is 10.2 Å². The summed E-state index contributed by atoms with van der Waals surface area (Å²) in [6.07, 6.45) is 7.69. The van der Waals surface area contributed by atoms with Crippen molar-refractivity contribution in [3.05, 3.63) is 42.0 Å². The van der Waals surface area contributed by atoms with E-state index in [0.717, 1.165) is 31.8 Å². The summed E-state index contributed by atoms with van der Waals surface area (Å²) >= 11 is 0. The molecule has 21 heavy (non-hydrogen) atoms. The molecule has 0 N–H and O–H groups in total. The fraction of sp³-hybridized carbons (Fsp3) is 0.579. The minimum Gasteiger partial charge on any atom is -0.490 e. The quantitative estimate of drug-likeness (QED) is 0.464. The van der Waals surface area contributed by atoms with Gasteiger partial charge in [0.05, 0.1) is 0 Å². The second-order valence-corrected chi connectivity index (χ2v) is 6.25. The standard InChI is InChI=1S/C19H30O2/c1-5-20-15-9-7-6-8-10-16-21-18-13-11-17(12-14-18)19(2,3)4/h8,10-14H,5-7,9,15-16H2,1-4H3/b10-8+. The topological polar surface area (TPSA) is 18.5 Å². The minimum atomic E-state index is 0.194. The highest BCUT2D eigenvalue weighted by molar-refractivity contribution is 5.31. The monoisotopic (exact) mass is 290 g/mol. The van der Waals surface area contributed by atoms with E-state index in [-0.39, 0.29) is 5.41 Å². The van der Waals surface area contributed by atoms with E-state index in [9.17, 15) is 0 Å². The molecule has 0 aliphatic rings. The predicted molar refractivity (Wildman–Crippen MR) is 90.1 cm³/mol. The van der Waals surface area contributed by atoms with Crippen molar-refractivity contribution in [3.8, 4) is 5.75 Å². The molecule has 0 unspecified atom stereocenters. The number of hydrogen-bond donors (Lipinski definition) is 0. The fourth-order valence-corrected chi connectivity index (χ4v) is 1.99. The molecular formula is C19H30O2. The molecule has 0 radical (unpaired) electrons. The average Bonchev–Trinajstić information content (AvgIpc) is 2.45. The Balaban J connectivity index is 2.18. The Labute approximate surface area is 130 Å². The van der Waals surface area contributed by atoms with Crippen molar-refractivity contribution in [3.63, 3.8) is 0 Å². The van der Waals surface area contributed by atoms with E-state index in [1.807, 2.05) is 6.92 Å². The van der Waals surface area contributed by atoms with Gasteiger partial charge in [0.1, 0.15) is 12.4 Å². The number of allylic oxidation sites excluding steroid dienone is 1. The van der Waals surface area contributed by atoms with Gasteiger partial charge in [-0.1, -0.05) is 45.1 Å². The zero-order valence-electron chi connectivity index (χ0n) is 14.0. The third-order valence-corrected chi connectivity index (χ3v) is 3.35. The van der Waals surface area contributed by atoms with Gasteiger partial charge in [-0.3, -0.25) is 0 Å². The van der Waals surface area contributed by atoms with Crippen LogP contribution < -0.4 is 4.74 Å². The summed E-state index contributed by atoms with van der Waals surface area (Å²) in [5.41, 5.74) is 1.53. The van der Waals surface area contributed by atoms with Crippen molar-refractivity contribution in [1.82, 2.24) is 0 Å². The van der Waals surface area contributed by atoms with Crippen LogP contribution in [0, 0.1) is 0 Å². The van der Waals surface area contributed by atoms with Gasteiger partial charge >= 0.3 is 0 Å². The summed E-state index contributed by atoms with van der Waals surface area (Å²) in [4.78, 5) is 0. The van der Waals surface area contributed by atoms with Gasteiger partial charge < -0.3 is 9.47 Å². The Morgan fingerprint density at radius 1 is 1.00 bits per heavy atom. The van der Waals surface area contributed by atoms with E-state index < -0.39 is 0 Å². The molecular weight excluding hydrogens is 260 g/mol. The number of benzene rings is 1. The van der Waals surface area contributed by atoms with Crippen LogP contribution in [0.25, 0.3) is 0 Å². The first kappa shape index (κ1) is 17.8. The largest absolute Gasteiger partial charge is 0.490 e. The van der Waals surface area contributed by atoms with Crippen LogP contribution in [-0.4, -0.2) is 19.8 Å². The van der Waals surface area contributed by atoms with Crippen LogP contribution in [0.5, 0.6) is 5.75 Å². The van der Waals surface area contributed by atoms with Gasteiger partial charge in [0, 0.05) is 13.2 Å². The van der Waals surface area contributed by atoms with Gasteiger partial charge in [0.2, 0.25) is 0 Å². The molecule has 0 bridgehead atoms. The highest BCUT2D eigenvalue weighted by Crippen LogP contribution is 2.24. The van der Waals surface area contributed by atoms with Crippen molar-refractivity contribution in [2.75, 3.05) is 19.8 Å². The lowest BCUT2D eigenvalue weighted by Gasteiger charge is -2.19. The molecule has 118 valence electrons. The van der Waals surface area contributed by atoms with Crippen LogP contribution in [0.15, 0.2) is 36.4 Å². The summed E-state index contributed by atoms with van der Waals surface area (Å²) in [5.74, 6) is 0.934. The summed E-state index contributed by atoms with van der Waals surface area (Å²) in [6.45, 7) is 11.0. The maximum Gasteiger partial charge on any atom is 0.119 e. The molecule has 0 saturated carbocycles. The van der Waals surface area contributed by atoms with Crippen molar-refractivity contribution in [2.45, 2.75) is 52.4 Å². The van der Waals surface area contributed by atoms with Crippen LogP contribution >= 0.6 is 0 Å². The van der Waals surface area contributed by atoms with E-state index in [1.54, 1.807) is 0 Å². The maximum absolute atomic E-state index is 5.71. The Kier molecular flexibility index (Phi) is 8.14. The normalized spacial score (nSPS) is 12.0. The molecule has 0 fully saturated rings. The minimum absolute atomic E-state index is 0.194. The molecule has 0 aliphatic carbocycles. The van der Waals surface area contributed by atoms with Gasteiger partial charge in [-0.2, -0.15) is 0 Å². The van der Waals surface area contributed by atoms with Gasteiger partial charge in [0.15, 0.2) is 0 Å². The summed E-state index contributed by atoms with van der Waals surface area (Å²) < 4.78 is 11.0. The summed E-state index contributed by atoms with van der Waals surface area (Å²) in [7, 11) is 0. The zero-order valence-corrected chi connectivity index (χ0v) is 14.0. The molecule has 1 rings (SSSR count). The predicted octanol–water partition coefficient (Wildman–Crippen LogP) is 5.13. The highest BCUT2D eigenvalue weighted by atomic mass is 16.5. The van der Waals surface area contributed by atoms with Crippen LogP contribution in [0.3, 0.4) is 0 Å². The van der Waals surface area contributed by atoms with Gasteiger partial charge in [-0.05, 0) is 49.3 Å². The highest BCUT2D eigenvalue weighted by Gasteiger charge is 2.12. The summed E-state index contributed by atoms with van der Waals surface area (Å²) in [6, 6.07) is 8.40. The Morgan fingerprint density at radius 3 is 2.33 bits per heavy atom. The van der Waals surface area contributed by atoms with Gasteiger partial charge in [-0.25, -0.2) is 0 Å². The molecule has 0 heterocycles. The Bertz CT molecular complexity index is 399. The molecule has 0 saturated heterocycles. The second kappa shape index (κ2) is 9.62. The van der Waals surface area contributed by atoms with Crippen molar-refractivity contribution < 1.29 is 9.47 Å². The first-order chi connectivity index (χ1) is 10.0. The summed E-state index contributed by atoms with van der Waals surface area (Å²) in [5, 5.41) is 0. The first-order valence-corrected chi connectivity index (χ1v) is 8.00. The smallest absolute Gasteiger partial charge is 0.119 e. The number of hydrogen-bond acceptors (Lipinski definition) is 2. The molecule has 0 spiro atoms. The van der Waals surface area contributed by atoms with E-state index in [2.05, 4.69) is 57.2 Å². The second-order valence-electron chi connectivity index (χ2n) is 6.25. The SMILES string of the molecule is CCOCCCC/C=C/COc1ccc(C(C)(C)C)cc1. The number of rotatable bonds is 9. The Hall–Kier alpha value is -1.28. The third kappa shape index (κ3) is 7.91. The third-order valence-electron chi connectivity index (χ3n) is 3.35. The van der Waals surface area contributed by atoms with E-state index in [4.69, 9.17) is 9.47 Å². The van der Waals surface area contributed by atoms with E-state index in [1.165, 1.54) is 12.0 Å². The lowest BCUT2D eigenvalue weighted by molar-refractivity contribution is 0.143. The van der Waals surface area contributed by atoms with E-state index in [0.29, 0.717) is 6.61 Å². The lowest BCUT2D eigenvalue weighted by atomic mass is 9.87. The maximum atomic E-state index is 5.71. The van der Waals surface area contributed by atoms with Crippen molar-refractivity contribution in [2.24, 2.45) is 0 Å². The molecule has 0 aliphatic heterocycles. The molecule has 0 atom stereocenters. The first-order valence-electron chi connectivity index (χ1n) is 8.00. The fourth-order valence-electron chi connectivity index (χ4n) is 1.99. The number of unbranched alkanes of at least 4 members (excludes halogenated alkanes) is 2. The molecule has 1 aromatic rings. The van der Waals surface area contributed by atoms with Crippen LogP contribution in [0.1, 0.15) is 52.5 Å².